The number of carbonyl (C=O) groups excluding carboxylic acids is 1. The van der Waals surface area contributed by atoms with Crippen LogP contribution in [0.5, 0.6) is 0 Å². The summed E-state index contributed by atoms with van der Waals surface area (Å²) in [6.45, 7) is 2.85. The van der Waals surface area contributed by atoms with E-state index in [2.05, 4.69) is 19.7 Å². The van der Waals surface area contributed by atoms with Crippen LogP contribution >= 0.6 is 0 Å². The Bertz CT molecular complexity index is 561. The van der Waals surface area contributed by atoms with Gasteiger partial charge in [-0.25, -0.2) is 0 Å². The third kappa shape index (κ3) is 3.02. The molecule has 0 spiro atoms. The van der Waals surface area contributed by atoms with E-state index in [1.165, 1.54) is 32.1 Å². The van der Waals surface area contributed by atoms with Crippen molar-refractivity contribution in [3.63, 3.8) is 0 Å². The van der Waals surface area contributed by atoms with E-state index in [1.807, 2.05) is 0 Å². The van der Waals surface area contributed by atoms with Gasteiger partial charge in [-0.05, 0) is 38.5 Å². The van der Waals surface area contributed by atoms with Crippen molar-refractivity contribution in [2.75, 3.05) is 13.1 Å². The molecule has 1 saturated carbocycles. The minimum absolute atomic E-state index is 0.296. The molecule has 3 heterocycles. The zero-order chi connectivity index (χ0) is 15.6. The average molecular weight is 316 g/mol. The summed E-state index contributed by atoms with van der Waals surface area (Å²) in [5, 5.41) is 8.98. The summed E-state index contributed by atoms with van der Waals surface area (Å²) in [6, 6.07) is 0. The number of nitrogens with zero attached hydrogens (tertiary/aromatic N) is 4. The van der Waals surface area contributed by atoms with Crippen LogP contribution in [-0.2, 0) is 17.8 Å². The quantitative estimate of drug-likeness (QED) is 0.843. The second-order valence-electron chi connectivity index (χ2n) is 7.54. The van der Waals surface area contributed by atoms with Gasteiger partial charge in [0, 0.05) is 37.9 Å². The molecule has 2 aliphatic heterocycles. The number of carbonyl (C=O) groups is 1. The van der Waals surface area contributed by atoms with E-state index in [1.54, 1.807) is 0 Å². The van der Waals surface area contributed by atoms with Gasteiger partial charge in [0.1, 0.15) is 11.6 Å². The van der Waals surface area contributed by atoms with Crippen molar-refractivity contribution in [2.45, 2.75) is 76.7 Å². The van der Waals surface area contributed by atoms with Crippen molar-refractivity contribution in [2.24, 2.45) is 5.92 Å². The highest BCUT2D eigenvalue weighted by atomic mass is 16.2. The van der Waals surface area contributed by atoms with Gasteiger partial charge in [0.2, 0.25) is 5.91 Å². The molecular formula is C18H28N4O. The van der Waals surface area contributed by atoms with Crippen molar-refractivity contribution in [3.8, 4) is 0 Å². The first kappa shape index (κ1) is 15.2. The summed E-state index contributed by atoms with van der Waals surface area (Å²) in [4.78, 5) is 14.9. The molecule has 1 aromatic rings. The Kier molecular flexibility index (Phi) is 4.36. The number of fused-ring (bicyclic) bond motifs is 1. The van der Waals surface area contributed by atoms with Crippen LogP contribution in [0.3, 0.4) is 0 Å². The zero-order valence-electron chi connectivity index (χ0n) is 14.0. The highest BCUT2D eigenvalue weighted by Crippen LogP contribution is 2.31. The van der Waals surface area contributed by atoms with Crippen LogP contribution in [0.4, 0.5) is 0 Å². The molecule has 0 N–H and O–H groups in total. The molecule has 1 saturated heterocycles. The largest absolute Gasteiger partial charge is 0.342 e. The number of likely N-dealkylation sites (tertiary alicyclic amines) is 1. The van der Waals surface area contributed by atoms with E-state index >= 15 is 0 Å². The maximum absolute atomic E-state index is 12.7. The van der Waals surface area contributed by atoms with E-state index in [4.69, 9.17) is 0 Å². The van der Waals surface area contributed by atoms with E-state index in [9.17, 15) is 4.79 Å². The second kappa shape index (κ2) is 6.62. The van der Waals surface area contributed by atoms with Crippen LogP contribution in [0, 0.1) is 5.92 Å². The van der Waals surface area contributed by atoms with Crippen LogP contribution in [0.2, 0.25) is 0 Å². The first-order valence-electron chi connectivity index (χ1n) is 9.53. The molecule has 1 aliphatic carbocycles. The van der Waals surface area contributed by atoms with Crippen LogP contribution in [0.15, 0.2) is 0 Å². The first-order valence-corrected chi connectivity index (χ1v) is 9.53. The molecule has 2 fully saturated rings. The average Bonchev–Trinajstić information content (AvgIpc) is 3.20. The van der Waals surface area contributed by atoms with Crippen molar-refractivity contribution in [3.05, 3.63) is 11.6 Å². The van der Waals surface area contributed by atoms with Crippen molar-refractivity contribution < 1.29 is 4.79 Å². The summed E-state index contributed by atoms with van der Waals surface area (Å²) < 4.78 is 2.36. The van der Waals surface area contributed by atoms with E-state index in [0.29, 0.717) is 17.7 Å². The van der Waals surface area contributed by atoms with Crippen LogP contribution in [0.25, 0.3) is 0 Å². The number of hydrogen-bond acceptors (Lipinski definition) is 3. The van der Waals surface area contributed by atoms with Crippen molar-refractivity contribution in [1.29, 1.82) is 0 Å². The molecule has 1 unspecified atom stereocenters. The Hall–Kier alpha value is -1.39. The number of hydrogen-bond donors (Lipinski definition) is 0. The third-order valence-corrected chi connectivity index (χ3v) is 5.94. The number of aromatic nitrogens is 3. The van der Waals surface area contributed by atoms with Gasteiger partial charge in [-0.2, -0.15) is 0 Å². The Labute approximate surface area is 138 Å². The Balaban J connectivity index is 1.49. The maximum atomic E-state index is 12.7. The molecule has 126 valence electrons. The lowest BCUT2D eigenvalue weighted by Crippen LogP contribution is -2.42. The van der Waals surface area contributed by atoms with Gasteiger partial charge in [0.15, 0.2) is 0 Å². The number of aryl methyl sites for hydroxylation is 1. The van der Waals surface area contributed by atoms with Gasteiger partial charge < -0.3 is 9.47 Å². The monoisotopic (exact) mass is 316 g/mol. The maximum Gasteiger partial charge on any atom is 0.225 e. The lowest BCUT2D eigenvalue weighted by molar-refractivity contribution is -0.136. The van der Waals surface area contributed by atoms with Gasteiger partial charge in [0.05, 0.1) is 0 Å². The molecule has 0 radical (unpaired) electrons. The van der Waals surface area contributed by atoms with Crippen molar-refractivity contribution in [1.82, 2.24) is 19.7 Å². The minimum atomic E-state index is 0.296. The van der Waals surface area contributed by atoms with Gasteiger partial charge in [-0.3, -0.25) is 4.79 Å². The number of amides is 1. The molecular weight excluding hydrogens is 288 g/mol. The number of rotatable bonds is 2. The molecule has 0 aromatic carbocycles. The first-order chi connectivity index (χ1) is 11.3. The SMILES string of the molecule is O=C(C1CCCC1)N1CCCC(c2nnc3n2CCCCC3)C1. The fraction of sp³-hybridized carbons (Fsp3) is 0.833. The molecule has 4 rings (SSSR count). The summed E-state index contributed by atoms with van der Waals surface area (Å²) >= 11 is 0. The Morgan fingerprint density at radius 3 is 2.65 bits per heavy atom. The Morgan fingerprint density at radius 2 is 1.78 bits per heavy atom. The Morgan fingerprint density at radius 1 is 0.913 bits per heavy atom. The molecule has 1 aromatic heterocycles. The van der Waals surface area contributed by atoms with Gasteiger partial charge in [-0.1, -0.05) is 19.3 Å². The smallest absolute Gasteiger partial charge is 0.225 e. The molecule has 5 heteroatoms. The third-order valence-electron chi connectivity index (χ3n) is 5.94. The zero-order valence-corrected chi connectivity index (χ0v) is 14.0. The standard InChI is InChI=1S/C18H28N4O/c23-18(14-7-3-4-8-14)21-11-6-9-15(13-21)17-20-19-16-10-2-1-5-12-22(16)17/h14-15H,1-13H2. The molecule has 0 bridgehead atoms. The topological polar surface area (TPSA) is 51.0 Å². The lowest BCUT2D eigenvalue weighted by Gasteiger charge is -2.34. The highest BCUT2D eigenvalue weighted by Gasteiger charge is 2.33. The molecule has 1 amide bonds. The predicted molar refractivity (Wildman–Crippen MR) is 88.1 cm³/mol. The van der Waals surface area contributed by atoms with E-state index < -0.39 is 0 Å². The van der Waals surface area contributed by atoms with Gasteiger partial charge >= 0.3 is 0 Å². The summed E-state index contributed by atoms with van der Waals surface area (Å²) in [5.74, 6) is 3.39. The van der Waals surface area contributed by atoms with Crippen molar-refractivity contribution >= 4 is 5.91 Å². The normalized spacial score (nSPS) is 26.1. The van der Waals surface area contributed by atoms with Crippen LogP contribution in [0.1, 0.15) is 75.4 Å². The summed E-state index contributed by atoms with van der Waals surface area (Å²) in [6.07, 6.45) is 11.7. The van der Waals surface area contributed by atoms with E-state index in [0.717, 1.165) is 63.4 Å². The molecule has 3 aliphatic rings. The molecule has 23 heavy (non-hydrogen) atoms. The molecule has 5 nitrogen and oxygen atoms in total. The summed E-state index contributed by atoms with van der Waals surface area (Å²) in [7, 11) is 0. The predicted octanol–water partition coefficient (Wildman–Crippen LogP) is 2.90. The van der Waals surface area contributed by atoms with E-state index in [-0.39, 0.29) is 0 Å². The lowest BCUT2D eigenvalue weighted by atomic mass is 9.95. The van der Waals surface area contributed by atoms with Gasteiger partial charge in [0.25, 0.3) is 0 Å². The number of piperidine rings is 1. The molecule has 1 atom stereocenters. The van der Waals surface area contributed by atoms with Crippen LogP contribution < -0.4 is 0 Å². The van der Waals surface area contributed by atoms with Gasteiger partial charge in [-0.15, -0.1) is 10.2 Å². The minimum Gasteiger partial charge on any atom is -0.342 e. The second-order valence-corrected chi connectivity index (χ2v) is 7.54. The summed E-state index contributed by atoms with van der Waals surface area (Å²) in [5.41, 5.74) is 0. The fourth-order valence-electron chi connectivity index (χ4n) is 4.63. The fourth-order valence-corrected chi connectivity index (χ4v) is 4.63. The van der Waals surface area contributed by atoms with Crippen LogP contribution in [-0.4, -0.2) is 38.7 Å². The highest BCUT2D eigenvalue weighted by molar-refractivity contribution is 5.79.